The summed E-state index contributed by atoms with van der Waals surface area (Å²) in [6.45, 7) is 7.58. The normalized spacial score (nSPS) is 15.1. The Hall–Kier alpha value is -0.580. The van der Waals surface area contributed by atoms with Gasteiger partial charge in [0.05, 0.1) is 18.8 Å². The van der Waals surface area contributed by atoms with E-state index >= 15 is 0 Å². The lowest BCUT2D eigenvalue weighted by atomic mass is 10.4. The molecule has 0 bridgehead atoms. The fourth-order valence-electron chi connectivity index (χ4n) is 0.623. The van der Waals surface area contributed by atoms with Crippen LogP contribution >= 0.6 is 0 Å². The second kappa shape index (κ2) is 6.88. The van der Waals surface area contributed by atoms with Gasteiger partial charge in [0.2, 0.25) is 0 Å². The van der Waals surface area contributed by atoms with Crippen LogP contribution in [-0.4, -0.2) is 42.2 Å². The fraction of sp³-hybridized carbons (Fsp3) is 0.778. The third kappa shape index (κ3) is 9.33. The molecule has 0 aliphatic rings. The molecule has 4 nitrogen and oxygen atoms in total. The van der Waals surface area contributed by atoms with Crippen molar-refractivity contribution in [1.29, 1.82) is 0 Å². The highest BCUT2D eigenvalue weighted by molar-refractivity contribution is 4.82. The zero-order chi connectivity index (χ0) is 10.3. The Kier molecular flexibility index (Phi) is 6.58. The summed E-state index contributed by atoms with van der Waals surface area (Å²) < 4.78 is 10.1. The van der Waals surface area contributed by atoms with Gasteiger partial charge in [0, 0.05) is 0 Å². The molecule has 0 amide bonds. The molecule has 0 aromatic heterocycles. The molecule has 13 heavy (non-hydrogen) atoms. The molecule has 0 heterocycles. The van der Waals surface area contributed by atoms with Crippen molar-refractivity contribution in [2.75, 3.05) is 19.8 Å². The van der Waals surface area contributed by atoms with Crippen molar-refractivity contribution in [2.24, 2.45) is 0 Å². The lowest BCUT2D eigenvalue weighted by Crippen LogP contribution is -2.15. The van der Waals surface area contributed by atoms with E-state index in [2.05, 4.69) is 6.58 Å². The van der Waals surface area contributed by atoms with Gasteiger partial charge in [0.15, 0.2) is 0 Å². The molecule has 2 unspecified atom stereocenters. The van der Waals surface area contributed by atoms with Crippen molar-refractivity contribution in [3.63, 3.8) is 0 Å². The van der Waals surface area contributed by atoms with Gasteiger partial charge in [-0.2, -0.15) is 0 Å². The van der Waals surface area contributed by atoms with Crippen LogP contribution in [0.15, 0.2) is 12.3 Å². The zero-order valence-electron chi connectivity index (χ0n) is 8.19. The second-order valence-corrected chi connectivity index (χ2v) is 3.06. The van der Waals surface area contributed by atoms with Crippen molar-refractivity contribution in [2.45, 2.75) is 26.1 Å². The number of ether oxygens (including phenoxy) is 2. The molecule has 0 aromatic carbocycles. The highest BCUT2D eigenvalue weighted by atomic mass is 16.5. The van der Waals surface area contributed by atoms with Crippen molar-refractivity contribution in [3.05, 3.63) is 12.3 Å². The lowest BCUT2D eigenvalue weighted by molar-refractivity contribution is 0.0233. The SMILES string of the molecule is C=C(COCC(C)O)OCC(C)O. The first-order valence-electron chi connectivity index (χ1n) is 4.26. The van der Waals surface area contributed by atoms with E-state index in [4.69, 9.17) is 19.7 Å². The molecular formula is C9H18O4. The first-order chi connectivity index (χ1) is 6.02. The van der Waals surface area contributed by atoms with Gasteiger partial charge in [0.25, 0.3) is 0 Å². The summed E-state index contributed by atoms with van der Waals surface area (Å²) in [4.78, 5) is 0. The number of aliphatic hydroxyl groups excluding tert-OH is 2. The van der Waals surface area contributed by atoms with Crippen LogP contribution in [0.25, 0.3) is 0 Å². The molecule has 0 aliphatic heterocycles. The summed E-state index contributed by atoms with van der Waals surface area (Å²) in [5, 5.41) is 17.7. The third-order valence-corrected chi connectivity index (χ3v) is 1.15. The highest BCUT2D eigenvalue weighted by Crippen LogP contribution is 1.97. The summed E-state index contributed by atoms with van der Waals surface area (Å²) in [5.74, 6) is 0.460. The van der Waals surface area contributed by atoms with Crippen LogP contribution in [0, 0.1) is 0 Å². The molecule has 78 valence electrons. The van der Waals surface area contributed by atoms with Gasteiger partial charge in [-0.3, -0.25) is 0 Å². The van der Waals surface area contributed by atoms with E-state index in [0.717, 1.165) is 0 Å². The fourth-order valence-corrected chi connectivity index (χ4v) is 0.623. The first kappa shape index (κ1) is 12.4. The van der Waals surface area contributed by atoms with Gasteiger partial charge in [-0.05, 0) is 13.8 Å². The molecule has 0 aromatic rings. The van der Waals surface area contributed by atoms with Gasteiger partial charge in [-0.15, -0.1) is 0 Å². The van der Waals surface area contributed by atoms with E-state index in [-0.39, 0.29) is 19.8 Å². The quantitative estimate of drug-likeness (QED) is 0.567. The van der Waals surface area contributed by atoms with Crippen LogP contribution in [0.3, 0.4) is 0 Å². The standard InChI is InChI=1S/C9H18O4/c1-7(10)4-12-6-9(3)13-5-8(2)11/h7-8,10-11H,3-6H2,1-2H3. The van der Waals surface area contributed by atoms with Gasteiger partial charge >= 0.3 is 0 Å². The van der Waals surface area contributed by atoms with Crippen molar-refractivity contribution in [1.82, 2.24) is 0 Å². The predicted octanol–water partition coefficient (Wildman–Crippen LogP) is 0.295. The molecule has 0 rings (SSSR count). The van der Waals surface area contributed by atoms with Crippen LogP contribution in [0.5, 0.6) is 0 Å². The third-order valence-electron chi connectivity index (χ3n) is 1.15. The minimum absolute atomic E-state index is 0.219. The average Bonchev–Trinajstić information content (AvgIpc) is 2.00. The average molecular weight is 190 g/mol. The van der Waals surface area contributed by atoms with Crippen LogP contribution in [-0.2, 0) is 9.47 Å². The number of hydrogen-bond donors (Lipinski definition) is 2. The smallest absolute Gasteiger partial charge is 0.115 e. The van der Waals surface area contributed by atoms with E-state index < -0.39 is 12.2 Å². The molecule has 0 saturated heterocycles. The van der Waals surface area contributed by atoms with Gasteiger partial charge in [-0.1, -0.05) is 6.58 Å². The molecule has 0 fully saturated rings. The monoisotopic (exact) mass is 190 g/mol. The first-order valence-corrected chi connectivity index (χ1v) is 4.26. The largest absolute Gasteiger partial charge is 0.493 e. The number of aliphatic hydroxyl groups is 2. The van der Waals surface area contributed by atoms with E-state index in [1.54, 1.807) is 13.8 Å². The van der Waals surface area contributed by atoms with Gasteiger partial charge in [-0.25, -0.2) is 0 Å². The maximum atomic E-state index is 8.87. The molecule has 2 N–H and O–H groups in total. The maximum absolute atomic E-state index is 8.87. The van der Waals surface area contributed by atoms with Crippen molar-refractivity contribution < 1.29 is 19.7 Å². The zero-order valence-corrected chi connectivity index (χ0v) is 8.19. The van der Waals surface area contributed by atoms with Crippen LogP contribution in [0.1, 0.15) is 13.8 Å². The summed E-state index contributed by atoms with van der Waals surface area (Å²) in [6.07, 6.45) is -0.988. The van der Waals surface area contributed by atoms with Crippen molar-refractivity contribution >= 4 is 0 Å². The Labute approximate surface area is 78.8 Å². The number of hydrogen-bond acceptors (Lipinski definition) is 4. The summed E-state index contributed by atoms with van der Waals surface area (Å²) in [6, 6.07) is 0. The van der Waals surface area contributed by atoms with Gasteiger partial charge in [0.1, 0.15) is 19.0 Å². The number of rotatable bonds is 7. The molecular weight excluding hydrogens is 172 g/mol. The van der Waals surface area contributed by atoms with Crippen molar-refractivity contribution in [3.8, 4) is 0 Å². The molecule has 0 saturated carbocycles. The minimum atomic E-state index is -0.506. The topological polar surface area (TPSA) is 58.9 Å². The Morgan fingerprint density at radius 3 is 2.23 bits per heavy atom. The van der Waals surface area contributed by atoms with Crippen LogP contribution < -0.4 is 0 Å². The second-order valence-electron chi connectivity index (χ2n) is 3.06. The van der Waals surface area contributed by atoms with Crippen LogP contribution in [0.4, 0.5) is 0 Å². The van der Waals surface area contributed by atoms with E-state index in [1.807, 2.05) is 0 Å². The molecule has 2 atom stereocenters. The summed E-state index contributed by atoms with van der Waals surface area (Å²) >= 11 is 0. The predicted molar refractivity (Wildman–Crippen MR) is 49.3 cm³/mol. The molecule has 0 aliphatic carbocycles. The maximum Gasteiger partial charge on any atom is 0.115 e. The Balaban J connectivity index is 3.30. The Morgan fingerprint density at radius 1 is 1.23 bits per heavy atom. The van der Waals surface area contributed by atoms with E-state index in [9.17, 15) is 0 Å². The van der Waals surface area contributed by atoms with E-state index in [0.29, 0.717) is 5.76 Å². The molecule has 4 heteroatoms. The van der Waals surface area contributed by atoms with Gasteiger partial charge < -0.3 is 19.7 Å². The Morgan fingerprint density at radius 2 is 1.77 bits per heavy atom. The Bertz CT molecular complexity index is 143. The van der Waals surface area contributed by atoms with Crippen LogP contribution in [0.2, 0.25) is 0 Å². The highest BCUT2D eigenvalue weighted by Gasteiger charge is 2.00. The summed E-state index contributed by atoms with van der Waals surface area (Å²) in [7, 11) is 0. The molecule has 0 spiro atoms. The minimum Gasteiger partial charge on any atom is -0.493 e. The van der Waals surface area contributed by atoms with E-state index in [1.165, 1.54) is 0 Å². The lowest BCUT2D eigenvalue weighted by Gasteiger charge is -2.11. The summed E-state index contributed by atoms with van der Waals surface area (Å²) in [5.41, 5.74) is 0. The molecule has 0 radical (unpaired) electrons.